The van der Waals surface area contributed by atoms with Crippen LogP contribution >= 0.6 is 27.3 Å². The Morgan fingerprint density at radius 2 is 2.38 bits per heavy atom. The van der Waals surface area contributed by atoms with E-state index in [0.717, 1.165) is 26.2 Å². The fraction of sp³-hybridized carbons (Fsp3) is 0.556. The Hall–Kier alpha value is 0.1000. The second-order valence-corrected chi connectivity index (χ2v) is 5.52. The summed E-state index contributed by atoms with van der Waals surface area (Å²) in [5.41, 5.74) is 5.96. The lowest BCUT2D eigenvalue weighted by Gasteiger charge is -2.40. The first-order valence-corrected chi connectivity index (χ1v) is 5.92. The molecule has 4 heteroatoms. The third kappa shape index (κ3) is 1.96. The van der Waals surface area contributed by atoms with Crippen molar-refractivity contribution in [3.63, 3.8) is 0 Å². The van der Waals surface area contributed by atoms with E-state index < -0.39 is 0 Å². The van der Waals surface area contributed by atoms with Crippen molar-refractivity contribution >= 4 is 27.3 Å². The van der Waals surface area contributed by atoms with Crippen molar-refractivity contribution in [2.24, 2.45) is 11.1 Å². The number of hydrogen-bond acceptors (Lipinski definition) is 3. The number of halogens is 1. The SMILES string of the molecule is NCC1(Cc2cc(Br)cs2)COC1. The third-order valence-electron chi connectivity index (χ3n) is 2.42. The van der Waals surface area contributed by atoms with E-state index in [1.807, 2.05) is 0 Å². The van der Waals surface area contributed by atoms with Gasteiger partial charge in [0.1, 0.15) is 0 Å². The van der Waals surface area contributed by atoms with Crippen LogP contribution in [-0.2, 0) is 11.2 Å². The van der Waals surface area contributed by atoms with Crippen LogP contribution in [0.25, 0.3) is 0 Å². The molecule has 0 aliphatic carbocycles. The summed E-state index contributed by atoms with van der Waals surface area (Å²) in [6.07, 6.45) is 1.06. The molecule has 1 aliphatic rings. The number of rotatable bonds is 3. The molecule has 1 fully saturated rings. The van der Waals surface area contributed by atoms with Crippen LogP contribution in [0.4, 0.5) is 0 Å². The van der Waals surface area contributed by atoms with Gasteiger partial charge in [0.25, 0.3) is 0 Å². The monoisotopic (exact) mass is 261 g/mol. The van der Waals surface area contributed by atoms with Crippen LogP contribution in [0.2, 0.25) is 0 Å². The minimum absolute atomic E-state index is 0.226. The van der Waals surface area contributed by atoms with Crippen molar-refractivity contribution in [3.8, 4) is 0 Å². The van der Waals surface area contributed by atoms with Crippen LogP contribution in [0.3, 0.4) is 0 Å². The minimum Gasteiger partial charge on any atom is -0.380 e. The molecule has 1 aromatic heterocycles. The lowest BCUT2D eigenvalue weighted by molar-refractivity contribution is -0.106. The Bertz CT molecular complexity index is 290. The van der Waals surface area contributed by atoms with Gasteiger partial charge in [0.15, 0.2) is 0 Å². The highest BCUT2D eigenvalue weighted by Crippen LogP contribution is 2.33. The molecule has 2 N–H and O–H groups in total. The van der Waals surface area contributed by atoms with E-state index in [0.29, 0.717) is 0 Å². The molecule has 0 atom stereocenters. The first kappa shape index (κ1) is 9.65. The van der Waals surface area contributed by atoms with Crippen LogP contribution in [0, 0.1) is 5.41 Å². The maximum absolute atomic E-state index is 5.74. The van der Waals surface area contributed by atoms with Crippen LogP contribution in [-0.4, -0.2) is 19.8 Å². The van der Waals surface area contributed by atoms with Gasteiger partial charge in [0, 0.05) is 26.7 Å². The first-order chi connectivity index (χ1) is 6.24. The predicted molar refractivity (Wildman–Crippen MR) is 58.0 cm³/mol. The fourth-order valence-corrected chi connectivity index (χ4v) is 3.12. The lowest BCUT2D eigenvalue weighted by atomic mass is 9.82. The van der Waals surface area contributed by atoms with Crippen molar-refractivity contribution in [3.05, 3.63) is 20.8 Å². The number of hydrogen-bond donors (Lipinski definition) is 1. The van der Waals surface area contributed by atoms with Gasteiger partial charge in [0.05, 0.1) is 13.2 Å². The van der Waals surface area contributed by atoms with Crippen LogP contribution in [0.5, 0.6) is 0 Å². The molecule has 0 unspecified atom stereocenters. The van der Waals surface area contributed by atoms with Crippen molar-refractivity contribution in [2.75, 3.05) is 19.8 Å². The minimum atomic E-state index is 0.226. The quantitative estimate of drug-likeness (QED) is 0.904. The van der Waals surface area contributed by atoms with E-state index in [2.05, 4.69) is 27.4 Å². The zero-order valence-electron chi connectivity index (χ0n) is 7.25. The van der Waals surface area contributed by atoms with Gasteiger partial charge in [0.2, 0.25) is 0 Å². The second-order valence-electron chi connectivity index (χ2n) is 3.60. The topological polar surface area (TPSA) is 35.2 Å². The lowest BCUT2D eigenvalue weighted by Crippen LogP contribution is -2.49. The van der Waals surface area contributed by atoms with Gasteiger partial charge in [-0.25, -0.2) is 0 Å². The first-order valence-electron chi connectivity index (χ1n) is 4.25. The maximum atomic E-state index is 5.74. The van der Waals surface area contributed by atoms with E-state index in [-0.39, 0.29) is 5.41 Å². The molecule has 2 nitrogen and oxygen atoms in total. The number of nitrogens with two attached hydrogens (primary N) is 1. The van der Waals surface area contributed by atoms with Gasteiger partial charge in [-0.1, -0.05) is 0 Å². The summed E-state index contributed by atoms with van der Waals surface area (Å²) in [6, 6.07) is 2.17. The molecule has 1 aromatic rings. The van der Waals surface area contributed by atoms with Crippen LogP contribution in [0.15, 0.2) is 15.9 Å². The van der Waals surface area contributed by atoms with Gasteiger partial charge in [-0.2, -0.15) is 0 Å². The van der Waals surface area contributed by atoms with E-state index in [1.54, 1.807) is 11.3 Å². The Morgan fingerprint density at radius 1 is 1.62 bits per heavy atom. The van der Waals surface area contributed by atoms with Gasteiger partial charge in [-0.05, 0) is 28.4 Å². The average molecular weight is 262 g/mol. The van der Waals surface area contributed by atoms with E-state index >= 15 is 0 Å². The number of thiophene rings is 1. The van der Waals surface area contributed by atoms with Crippen molar-refractivity contribution in [1.82, 2.24) is 0 Å². The molecule has 0 bridgehead atoms. The zero-order valence-corrected chi connectivity index (χ0v) is 9.66. The molecule has 13 heavy (non-hydrogen) atoms. The molecule has 1 aliphatic heterocycles. The Kier molecular flexibility index (Phi) is 2.74. The maximum Gasteiger partial charge on any atom is 0.0560 e. The fourth-order valence-electron chi connectivity index (χ4n) is 1.50. The Balaban J connectivity index is 2.04. The average Bonchev–Trinajstić information content (AvgIpc) is 2.44. The summed E-state index contributed by atoms with van der Waals surface area (Å²) >= 11 is 5.23. The molecular formula is C9H12BrNOS. The highest BCUT2D eigenvalue weighted by Gasteiger charge is 2.37. The summed E-state index contributed by atoms with van der Waals surface area (Å²) in [7, 11) is 0. The summed E-state index contributed by atoms with van der Waals surface area (Å²) in [4.78, 5) is 1.39. The van der Waals surface area contributed by atoms with Crippen molar-refractivity contribution in [1.29, 1.82) is 0 Å². The highest BCUT2D eigenvalue weighted by atomic mass is 79.9. The van der Waals surface area contributed by atoms with Gasteiger partial charge < -0.3 is 10.5 Å². The van der Waals surface area contributed by atoms with Crippen LogP contribution in [0.1, 0.15) is 4.88 Å². The molecule has 0 aromatic carbocycles. The van der Waals surface area contributed by atoms with Crippen molar-refractivity contribution < 1.29 is 4.74 Å². The zero-order chi connectivity index (χ0) is 9.31. The summed E-state index contributed by atoms with van der Waals surface area (Å²) in [6.45, 7) is 2.36. The Morgan fingerprint density at radius 3 is 2.77 bits per heavy atom. The normalized spacial score (nSPS) is 19.8. The standard InChI is InChI=1S/C9H12BrNOS/c10-7-1-8(13-3-7)2-9(4-11)5-12-6-9/h1,3H,2,4-6,11H2. The summed E-state index contributed by atoms with van der Waals surface area (Å²) < 4.78 is 6.39. The third-order valence-corrected chi connectivity index (χ3v) is 4.12. The van der Waals surface area contributed by atoms with Gasteiger partial charge in [-0.15, -0.1) is 11.3 Å². The molecule has 0 spiro atoms. The number of ether oxygens (including phenoxy) is 1. The van der Waals surface area contributed by atoms with Crippen LogP contribution < -0.4 is 5.73 Å². The van der Waals surface area contributed by atoms with Gasteiger partial charge in [-0.3, -0.25) is 0 Å². The molecule has 72 valence electrons. The molecule has 2 rings (SSSR count). The van der Waals surface area contributed by atoms with E-state index in [1.165, 1.54) is 9.35 Å². The molecule has 0 amide bonds. The van der Waals surface area contributed by atoms with E-state index in [4.69, 9.17) is 10.5 Å². The molecule has 2 heterocycles. The smallest absolute Gasteiger partial charge is 0.0560 e. The van der Waals surface area contributed by atoms with Crippen molar-refractivity contribution in [2.45, 2.75) is 6.42 Å². The summed E-state index contributed by atoms with van der Waals surface area (Å²) in [5.74, 6) is 0. The largest absolute Gasteiger partial charge is 0.380 e. The summed E-state index contributed by atoms with van der Waals surface area (Å²) in [5, 5.41) is 2.11. The van der Waals surface area contributed by atoms with Gasteiger partial charge >= 0.3 is 0 Å². The molecule has 0 saturated carbocycles. The predicted octanol–water partition coefficient (Wildman–Crippen LogP) is 2.03. The Labute approximate surface area is 90.2 Å². The highest BCUT2D eigenvalue weighted by molar-refractivity contribution is 9.10. The second kappa shape index (κ2) is 3.69. The molecular weight excluding hydrogens is 250 g/mol. The molecule has 1 saturated heterocycles. The van der Waals surface area contributed by atoms with E-state index in [9.17, 15) is 0 Å². The molecule has 0 radical (unpaired) electrons.